The van der Waals surface area contributed by atoms with E-state index in [2.05, 4.69) is 4.72 Å². The fraction of sp³-hybridized carbons (Fsp3) is 0.250. The second-order valence-electron chi connectivity index (χ2n) is 5.35. The number of rotatable bonds is 3. The normalized spacial score (nSPS) is 13.7. The van der Waals surface area contributed by atoms with Crippen molar-refractivity contribution in [3.63, 3.8) is 0 Å². The molecular weight excluding hydrogens is 338 g/mol. The van der Waals surface area contributed by atoms with Crippen LogP contribution in [0.5, 0.6) is 11.5 Å². The number of ether oxygens (including phenoxy) is 2. The first kappa shape index (κ1) is 16.0. The molecule has 0 spiro atoms. The van der Waals surface area contributed by atoms with Gasteiger partial charge in [-0.1, -0.05) is 23.7 Å². The lowest BCUT2D eigenvalue weighted by molar-refractivity contribution is 0.171. The smallest absolute Gasteiger partial charge is 0.262 e. The minimum atomic E-state index is -3.75. The molecule has 3 rings (SSSR count). The van der Waals surface area contributed by atoms with Crippen molar-refractivity contribution in [1.82, 2.24) is 0 Å². The molecule has 7 heteroatoms. The van der Waals surface area contributed by atoms with E-state index in [4.69, 9.17) is 21.1 Å². The summed E-state index contributed by atoms with van der Waals surface area (Å²) < 4.78 is 38.7. The van der Waals surface area contributed by atoms with Crippen LogP contribution in [0.25, 0.3) is 0 Å². The highest BCUT2D eigenvalue weighted by Crippen LogP contribution is 2.38. The molecule has 0 radical (unpaired) electrons. The van der Waals surface area contributed by atoms with Gasteiger partial charge in [0.1, 0.15) is 13.2 Å². The van der Waals surface area contributed by atoms with E-state index in [1.165, 1.54) is 0 Å². The molecule has 0 amide bonds. The Morgan fingerprint density at radius 1 is 1.04 bits per heavy atom. The summed E-state index contributed by atoms with van der Waals surface area (Å²) in [7, 11) is -3.75. The third-order valence-corrected chi connectivity index (χ3v) is 5.33. The zero-order valence-electron chi connectivity index (χ0n) is 12.7. The van der Waals surface area contributed by atoms with Gasteiger partial charge in [0.15, 0.2) is 11.5 Å². The number of sulfonamides is 1. The zero-order valence-corrected chi connectivity index (χ0v) is 14.3. The van der Waals surface area contributed by atoms with Crippen molar-refractivity contribution in [2.75, 3.05) is 17.9 Å². The predicted octanol–water partition coefficient (Wildman–Crippen LogP) is 3.53. The minimum absolute atomic E-state index is 0.225. The van der Waals surface area contributed by atoms with Crippen LogP contribution in [0.2, 0.25) is 5.02 Å². The SMILES string of the molecule is Cc1ccc(C)c(S(=O)(=O)Nc2cc3c(cc2Cl)OCCO3)c1. The molecule has 0 saturated heterocycles. The molecule has 1 aliphatic heterocycles. The van der Waals surface area contributed by atoms with Gasteiger partial charge >= 0.3 is 0 Å². The van der Waals surface area contributed by atoms with Crippen LogP contribution >= 0.6 is 11.6 Å². The zero-order chi connectivity index (χ0) is 16.6. The number of halogens is 1. The maximum Gasteiger partial charge on any atom is 0.262 e. The van der Waals surface area contributed by atoms with Gasteiger partial charge in [-0.3, -0.25) is 4.72 Å². The lowest BCUT2D eigenvalue weighted by Gasteiger charge is -2.20. The van der Waals surface area contributed by atoms with E-state index >= 15 is 0 Å². The summed E-state index contributed by atoms with van der Waals surface area (Å²) in [4.78, 5) is 0.225. The summed E-state index contributed by atoms with van der Waals surface area (Å²) >= 11 is 6.16. The Morgan fingerprint density at radius 3 is 2.39 bits per heavy atom. The standard InChI is InChI=1S/C16H16ClNO4S/c1-10-3-4-11(2)16(7-10)23(19,20)18-13-9-15-14(8-12(13)17)21-5-6-22-15/h3-4,7-9,18H,5-6H2,1-2H3. The highest BCUT2D eigenvalue weighted by Gasteiger charge is 2.21. The first-order valence-electron chi connectivity index (χ1n) is 7.06. The fourth-order valence-electron chi connectivity index (χ4n) is 2.34. The number of nitrogens with one attached hydrogen (secondary N) is 1. The maximum atomic E-state index is 12.7. The van der Waals surface area contributed by atoms with E-state index in [1.54, 1.807) is 31.2 Å². The first-order chi connectivity index (χ1) is 10.9. The number of hydrogen-bond donors (Lipinski definition) is 1. The fourth-order valence-corrected chi connectivity index (χ4v) is 4.00. The number of anilines is 1. The van der Waals surface area contributed by atoms with Crippen LogP contribution in [-0.2, 0) is 10.0 Å². The summed E-state index contributed by atoms with van der Waals surface area (Å²) in [5, 5.41) is 0.253. The number of aryl methyl sites for hydroxylation is 2. The molecule has 0 aromatic heterocycles. The second-order valence-corrected chi connectivity index (χ2v) is 7.41. The molecule has 5 nitrogen and oxygen atoms in total. The summed E-state index contributed by atoms with van der Waals surface area (Å²) in [5.74, 6) is 0.982. The van der Waals surface area contributed by atoms with Crippen LogP contribution in [0.4, 0.5) is 5.69 Å². The average molecular weight is 354 g/mol. The van der Waals surface area contributed by atoms with E-state index in [-0.39, 0.29) is 15.6 Å². The molecule has 0 bridgehead atoms. The van der Waals surface area contributed by atoms with Crippen molar-refractivity contribution >= 4 is 27.3 Å². The molecule has 0 atom stereocenters. The van der Waals surface area contributed by atoms with E-state index in [9.17, 15) is 8.42 Å². The molecule has 0 unspecified atom stereocenters. The third-order valence-electron chi connectivity index (χ3n) is 3.51. The maximum absolute atomic E-state index is 12.7. The lowest BCUT2D eigenvalue weighted by atomic mass is 10.2. The monoisotopic (exact) mass is 353 g/mol. The van der Waals surface area contributed by atoms with Gasteiger partial charge in [0.2, 0.25) is 0 Å². The van der Waals surface area contributed by atoms with Crippen molar-refractivity contribution in [2.45, 2.75) is 18.7 Å². The lowest BCUT2D eigenvalue weighted by Crippen LogP contribution is -2.17. The Hall–Kier alpha value is -1.92. The molecule has 122 valence electrons. The molecule has 1 heterocycles. The third kappa shape index (κ3) is 3.23. The van der Waals surface area contributed by atoms with E-state index in [1.807, 2.05) is 13.0 Å². The van der Waals surface area contributed by atoms with E-state index in [0.717, 1.165) is 5.56 Å². The highest BCUT2D eigenvalue weighted by molar-refractivity contribution is 7.92. The van der Waals surface area contributed by atoms with Crippen LogP contribution in [0.15, 0.2) is 35.2 Å². The molecule has 2 aromatic carbocycles. The number of hydrogen-bond acceptors (Lipinski definition) is 4. The van der Waals surface area contributed by atoms with E-state index in [0.29, 0.717) is 30.3 Å². The first-order valence-corrected chi connectivity index (χ1v) is 8.92. The number of fused-ring (bicyclic) bond motifs is 1. The van der Waals surface area contributed by atoms with Crippen LogP contribution < -0.4 is 14.2 Å². The molecule has 0 fully saturated rings. The predicted molar refractivity (Wildman–Crippen MR) is 89.2 cm³/mol. The Labute approximate surface area is 140 Å². The van der Waals surface area contributed by atoms with Gasteiger partial charge in [-0.25, -0.2) is 8.42 Å². The molecule has 1 N–H and O–H groups in total. The van der Waals surface area contributed by atoms with Crippen LogP contribution in [0, 0.1) is 13.8 Å². The van der Waals surface area contributed by atoms with Crippen molar-refractivity contribution in [1.29, 1.82) is 0 Å². The Bertz CT molecular complexity index is 865. The highest BCUT2D eigenvalue weighted by atomic mass is 35.5. The Kier molecular flexibility index (Phi) is 4.12. The molecule has 0 aliphatic carbocycles. The van der Waals surface area contributed by atoms with Crippen molar-refractivity contribution in [2.24, 2.45) is 0 Å². The Morgan fingerprint density at radius 2 is 1.70 bits per heavy atom. The molecule has 23 heavy (non-hydrogen) atoms. The number of benzene rings is 2. The van der Waals surface area contributed by atoms with Gasteiger partial charge < -0.3 is 9.47 Å². The minimum Gasteiger partial charge on any atom is -0.486 e. The largest absolute Gasteiger partial charge is 0.486 e. The topological polar surface area (TPSA) is 64.6 Å². The van der Waals surface area contributed by atoms with Gasteiger partial charge in [-0.05, 0) is 31.0 Å². The van der Waals surface area contributed by atoms with Gasteiger partial charge in [0, 0.05) is 12.1 Å². The average Bonchev–Trinajstić information content (AvgIpc) is 2.50. The quantitative estimate of drug-likeness (QED) is 0.916. The van der Waals surface area contributed by atoms with Gasteiger partial charge in [-0.2, -0.15) is 0 Å². The molecule has 2 aromatic rings. The molecule has 0 saturated carbocycles. The summed E-state index contributed by atoms with van der Waals surface area (Å²) in [6.45, 7) is 4.45. The molecule has 1 aliphatic rings. The summed E-state index contributed by atoms with van der Waals surface area (Å²) in [6.07, 6.45) is 0. The Balaban J connectivity index is 1.99. The van der Waals surface area contributed by atoms with Crippen LogP contribution in [0.3, 0.4) is 0 Å². The van der Waals surface area contributed by atoms with Crippen molar-refractivity contribution in [3.8, 4) is 11.5 Å². The van der Waals surface area contributed by atoms with E-state index < -0.39 is 10.0 Å². The molecular formula is C16H16ClNO4S. The van der Waals surface area contributed by atoms with Crippen molar-refractivity contribution in [3.05, 3.63) is 46.5 Å². The summed E-state index contributed by atoms with van der Waals surface area (Å²) in [6, 6.07) is 8.36. The van der Waals surface area contributed by atoms with Crippen molar-refractivity contribution < 1.29 is 17.9 Å². The van der Waals surface area contributed by atoms with Gasteiger partial charge in [0.25, 0.3) is 10.0 Å². The second kappa shape index (κ2) is 5.94. The van der Waals surface area contributed by atoms with Crippen LogP contribution in [0.1, 0.15) is 11.1 Å². The van der Waals surface area contributed by atoms with Gasteiger partial charge in [0.05, 0.1) is 15.6 Å². The van der Waals surface area contributed by atoms with Crippen LogP contribution in [-0.4, -0.2) is 21.6 Å². The van der Waals surface area contributed by atoms with Gasteiger partial charge in [-0.15, -0.1) is 0 Å². The summed E-state index contributed by atoms with van der Waals surface area (Å²) in [5.41, 5.74) is 1.79.